The van der Waals surface area contributed by atoms with Crippen LogP contribution in [0, 0.1) is 5.82 Å². The lowest BCUT2D eigenvalue weighted by atomic mass is 10.1. The number of halogens is 2. The highest BCUT2D eigenvalue weighted by atomic mass is 35.5. The van der Waals surface area contributed by atoms with E-state index in [2.05, 4.69) is 4.90 Å². The highest BCUT2D eigenvalue weighted by molar-refractivity contribution is 6.30. The predicted octanol–water partition coefficient (Wildman–Crippen LogP) is 1.24. The van der Waals surface area contributed by atoms with Gasteiger partial charge < -0.3 is 16.4 Å². The van der Waals surface area contributed by atoms with Crippen LogP contribution >= 0.6 is 11.6 Å². The van der Waals surface area contributed by atoms with Crippen molar-refractivity contribution in [1.29, 1.82) is 0 Å². The summed E-state index contributed by atoms with van der Waals surface area (Å²) in [6, 6.07) is 4.80. The second kappa shape index (κ2) is 6.91. The molecule has 5 heteroatoms. The van der Waals surface area contributed by atoms with Crippen molar-refractivity contribution in [3.8, 4) is 0 Å². The van der Waals surface area contributed by atoms with Gasteiger partial charge in [-0.3, -0.25) is 0 Å². The van der Waals surface area contributed by atoms with Gasteiger partial charge in [0.25, 0.3) is 0 Å². The average molecular weight is 260 g/mol. The maximum atomic E-state index is 12.9. The molecule has 1 atom stereocenters. The third kappa shape index (κ3) is 5.00. The molecule has 0 aromatic heterocycles. The van der Waals surface area contributed by atoms with Crippen molar-refractivity contribution in [2.45, 2.75) is 12.5 Å². The third-order valence-corrected chi connectivity index (χ3v) is 2.90. The van der Waals surface area contributed by atoms with Crippen LogP contribution in [0.2, 0.25) is 5.02 Å². The third-order valence-electron chi connectivity index (χ3n) is 2.62. The van der Waals surface area contributed by atoms with E-state index in [1.807, 2.05) is 7.05 Å². The van der Waals surface area contributed by atoms with E-state index in [1.165, 1.54) is 6.07 Å². The smallest absolute Gasteiger partial charge is 0.141 e. The molecule has 0 saturated carbocycles. The molecule has 4 N–H and O–H groups in total. The van der Waals surface area contributed by atoms with Gasteiger partial charge in [-0.2, -0.15) is 0 Å². The molecule has 0 spiro atoms. The Hall–Kier alpha value is -0.680. The van der Waals surface area contributed by atoms with Crippen molar-refractivity contribution in [2.75, 3.05) is 26.7 Å². The molecule has 17 heavy (non-hydrogen) atoms. The van der Waals surface area contributed by atoms with Gasteiger partial charge in [0, 0.05) is 25.7 Å². The van der Waals surface area contributed by atoms with E-state index in [-0.39, 0.29) is 16.9 Å². The van der Waals surface area contributed by atoms with Crippen LogP contribution in [0.3, 0.4) is 0 Å². The highest BCUT2D eigenvalue weighted by Crippen LogP contribution is 2.16. The molecule has 1 aromatic carbocycles. The first-order valence-electron chi connectivity index (χ1n) is 5.61. The van der Waals surface area contributed by atoms with E-state index in [1.54, 1.807) is 12.1 Å². The van der Waals surface area contributed by atoms with E-state index < -0.39 is 0 Å². The first kappa shape index (κ1) is 14.4. The summed E-state index contributed by atoms with van der Waals surface area (Å²) in [6.45, 7) is 2.08. The number of likely N-dealkylation sites (N-methyl/N-ethyl adjacent to an activating group) is 1. The normalized spacial score (nSPS) is 13.1. The topological polar surface area (TPSA) is 55.3 Å². The summed E-state index contributed by atoms with van der Waals surface area (Å²) in [7, 11) is 1.99. The van der Waals surface area contributed by atoms with Crippen LogP contribution in [0.5, 0.6) is 0 Å². The van der Waals surface area contributed by atoms with Crippen LogP contribution in [-0.4, -0.2) is 37.6 Å². The quantitative estimate of drug-likeness (QED) is 0.808. The molecule has 0 saturated heterocycles. The zero-order valence-corrected chi connectivity index (χ0v) is 10.8. The van der Waals surface area contributed by atoms with Gasteiger partial charge in [-0.1, -0.05) is 17.7 Å². The monoisotopic (exact) mass is 259 g/mol. The molecule has 0 amide bonds. The second-order valence-electron chi connectivity index (χ2n) is 4.26. The Morgan fingerprint density at radius 1 is 1.47 bits per heavy atom. The first-order chi connectivity index (χ1) is 8.02. The Morgan fingerprint density at radius 3 is 2.76 bits per heavy atom. The van der Waals surface area contributed by atoms with Crippen LogP contribution in [0.4, 0.5) is 4.39 Å². The Kier molecular flexibility index (Phi) is 5.85. The Labute approximate surface area is 107 Å². The fourth-order valence-corrected chi connectivity index (χ4v) is 1.78. The Balaban J connectivity index is 2.42. The first-order valence-corrected chi connectivity index (χ1v) is 5.99. The van der Waals surface area contributed by atoms with Gasteiger partial charge >= 0.3 is 0 Å². The molecule has 0 aliphatic carbocycles. The fraction of sp³-hybridized carbons (Fsp3) is 0.500. The summed E-state index contributed by atoms with van der Waals surface area (Å²) in [5, 5.41) is 0.170. The minimum atomic E-state index is -0.381. The van der Waals surface area contributed by atoms with E-state index >= 15 is 0 Å². The number of benzene rings is 1. The standard InChI is InChI=1S/C12H19ClFN3/c1-17(8-10(16)7-15)5-4-9-2-3-12(14)11(13)6-9/h2-3,6,10H,4-5,7-8,15-16H2,1H3. The van der Waals surface area contributed by atoms with Gasteiger partial charge in [0.15, 0.2) is 0 Å². The summed E-state index contributed by atoms with van der Waals surface area (Å²) in [5.74, 6) is -0.381. The molecular weight excluding hydrogens is 241 g/mol. The van der Waals surface area contributed by atoms with Crippen molar-refractivity contribution in [2.24, 2.45) is 11.5 Å². The van der Waals surface area contributed by atoms with E-state index in [0.29, 0.717) is 6.54 Å². The summed E-state index contributed by atoms with van der Waals surface area (Å²) >= 11 is 5.71. The van der Waals surface area contributed by atoms with Crippen LogP contribution in [0.25, 0.3) is 0 Å². The molecule has 96 valence electrons. The molecule has 0 bridgehead atoms. The molecule has 0 heterocycles. The van der Waals surface area contributed by atoms with E-state index in [4.69, 9.17) is 23.1 Å². The maximum Gasteiger partial charge on any atom is 0.141 e. The summed E-state index contributed by atoms with van der Waals surface area (Å²) in [4.78, 5) is 2.11. The molecule has 1 rings (SSSR count). The van der Waals surface area contributed by atoms with Gasteiger partial charge in [-0.25, -0.2) is 4.39 Å². The molecular formula is C12H19ClFN3. The second-order valence-corrected chi connectivity index (χ2v) is 4.66. The molecule has 0 radical (unpaired) electrons. The SMILES string of the molecule is CN(CCc1ccc(F)c(Cl)c1)CC(N)CN. The molecule has 1 unspecified atom stereocenters. The lowest BCUT2D eigenvalue weighted by Crippen LogP contribution is -2.41. The zero-order valence-electron chi connectivity index (χ0n) is 10.00. The lowest BCUT2D eigenvalue weighted by Gasteiger charge is -2.20. The van der Waals surface area contributed by atoms with Crippen LogP contribution in [0.1, 0.15) is 5.56 Å². The molecule has 3 nitrogen and oxygen atoms in total. The Morgan fingerprint density at radius 2 is 2.18 bits per heavy atom. The van der Waals surface area contributed by atoms with Gasteiger partial charge in [-0.05, 0) is 31.2 Å². The van der Waals surface area contributed by atoms with Crippen molar-refractivity contribution < 1.29 is 4.39 Å². The van der Waals surface area contributed by atoms with Gasteiger partial charge in [0.1, 0.15) is 5.82 Å². The lowest BCUT2D eigenvalue weighted by molar-refractivity contribution is 0.316. The van der Waals surface area contributed by atoms with Crippen molar-refractivity contribution >= 4 is 11.6 Å². The number of rotatable bonds is 6. The number of hydrogen-bond donors (Lipinski definition) is 2. The van der Waals surface area contributed by atoms with Crippen LogP contribution in [0.15, 0.2) is 18.2 Å². The zero-order chi connectivity index (χ0) is 12.8. The average Bonchev–Trinajstić information content (AvgIpc) is 2.30. The predicted molar refractivity (Wildman–Crippen MR) is 69.6 cm³/mol. The van der Waals surface area contributed by atoms with Crippen LogP contribution in [-0.2, 0) is 6.42 Å². The summed E-state index contributed by atoms with van der Waals surface area (Å²) in [5.41, 5.74) is 12.2. The van der Waals surface area contributed by atoms with Gasteiger partial charge in [-0.15, -0.1) is 0 Å². The molecule has 1 aromatic rings. The Bertz CT molecular complexity index is 360. The van der Waals surface area contributed by atoms with Crippen molar-refractivity contribution in [1.82, 2.24) is 4.90 Å². The van der Waals surface area contributed by atoms with Gasteiger partial charge in [0.05, 0.1) is 5.02 Å². The van der Waals surface area contributed by atoms with Gasteiger partial charge in [0.2, 0.25) is 0 Å². The molecule has 0 aliphatic rings. The minimum Gasteiger partial charge on any atom is -0.329 e. The van der Waals surface area contributed by atoms with Crippen molar-refractivity contribution in [3.63, 3.8) is 0 Å². The number of nitrogens with zero attached hydrogens (tertiary/aromatic N) is 1. The highest BCUT2D eigenvalue weighted by Gasteiger charge is 2.06. The minimum absolute atomic E-state index is 0.00296. The van der Waals surface area contributed by atoms with Crippen LogP contribution < -0.4 is 11.5 Å². The largest absolute Gasteiger partial charge is 0.329 e. The number of nitrogens with two attached hydrogens (primary N) is 2. The fourth-order valence-electron chi connectivity index (χ4n) is 1.58. The van der Waals surface area contributed by atoms with E-state index in [0.717, 1.165) is 25.1 Å². The molecule has 0 aliphatic heterocycles. The summed E-state index contributed by atoms with van der Waals surface area (Å²) < 4.78 is 12.9. The van der Waals surface area contributed by atoms with E-state index in [9.17, 15) is 4.39 Å². The maximum absolute atomic E-state index is 12.9. The number of hydrogen-bond acceptors (Lipinski definition) is 3. The summed E-state index contributed by atoms with van der Waals surface area (Å²) in [6.07, 6.45) is 0.813. The molecule has 0 fully saturated rings. The van der Waals surface area contributed by atoms with Crippen molar-refractivity contribution in [3.05, 3.63) is 34.6 Å².